The summed E-state index contributed by atoms with van der Waals surface area (Å²) in [6.45, 7) is 0.591. The maximum absolute atomic E-state index is 12.8. The third kappa shape index (κ3) is 12.1. The van der Waals surface area contributed by atoms with Crippen LogP contribution in [-0.2, 0) is 14.4 Å². The summed E-state index contributed by atoms with van der Waals surface area (Å²) in [6.07, 6.45) is 10.7. The highest BCUT2D eigenvalue weighted by Gasteiger charge is 2.22. The van der Waals surface area contributed by atoms with Crippen molar-refractivity contribution < 1.29 is 14.4 Å². The molecule has 5 N–H and O–H groups in total. The van der Waals surface area contributed by atoms with Crippen molar-refractivity contribution in [3.8, 4) is 0 Å². The third-order valence-corrected chi connectivity index (χ3v) is 5.71. The quantitative estimate of drug-likeness (QED) is 0.211. The van der Waals surface area contributed by atoms with E-state index in [0.29, 0.717) is 31.6 Å². The molecule has 0 heterocycles. The fourth-order valence-corrected chi connectivity index (χ4v) is 3.82. The Bertz CT molecular complexity index is 681. The Morgan fingerprint density at radius 2 is 1.88 bits per heavy atom. The number of hydrogen-bond donors (Lipinski definition) is 4. The summed E-state index contributed by atoms with van der Waals surface area (Å²) in [5.41, 5.74) is 7.23. The predicted molar refractivity (Wildman–Crippen MR) is 132 cm³/mol. The zero-order chi connectivity index (χ0) is 23.6. The van der Waals surface area contributed by atoms with Crippen LogP contribution in [0.15, 0.2) is 24.3 Å². The van der Waals surface area contributed by atoms with E-state index in [0.717, 1.165) is 30.6 Å². The number of halogens is 1. The number of unbranched alkanes of at least 4 members (excludes halogenated alkanes) is 1. The Balaban J connectivity index is 0.00000118. The van der Waals surface area contributed by atoms with Crippen LogP contribution >= 0.6 is 11.6 Å². The average molecular weight is 467 g/mol. The van der Waals surface area contributed by atoms with Gasteiger partial charge in [0.2, 0.25) is 11.8 Å². The molecule has 1 aliphatic carbocycles. The molecule has 2 amide bonds. The largest absolute Gasteiger partial charge is 0.388 e. The van der Waals surface area contributed by atoms with Crippen LogP contribution in [-0.4, -0.2) is 43.6 Å². The minimum absolute atomic E-state index is 0.0255. The van der Waals surface area contributed by atoms with Crippen LogP contribution in [0, 0.1) is 5.92 Å². The van der Waals surface area contributed by atoms with Crippen molar-refractivity contribution in [3.63, 3.8) is 0 Å². The van der Waals surface area contributed by atoms with Crippen LogP contribution in [0.3, 0.4) is 0 Å². The van der Waals surface area contributed by atoms with Gasteiger partial charge in [0.25, 0.3) is 0 Å². The van der Waals surface area contributed by atoms with Gasteiger partial charge in [0.15, 0.2) is 0 Å². The highest BCUT2D eigenvalue weighted by Crippen LogP contribution is 2.27. The smallest absolute Gasteiger partial charge is 0.246 e. The minimum Gasteiger partial charge on any atom is -0.388 e. The predicted octanol–water partition coefficient (Wildman–Crippen LogP) is 4.07. The zero-order valence-electron chi connectivity index (χ0n) is 19.2. The number of amides is 2. The van der Waals surface area contributed by atoms with E-state index in [1.54, 1.807) is 0 Å². The lowest BCUT2D eigenvalue weighted by molar-refractivity contribution is -0.126. The van der Waals surface area contributed by atoms with E-state index in [1.807, 2.05) is 31.3 Å². The van der Waals surface area contributed by atoms with Crippen LogP contribution in [0.2, 0.25) is 0 Å². The second-order valence-corrected chi connectivity index (χ2v) is 8.40. The summed E-state index contributed by atoms with van der Waals surface area (Å²) in [5, 5.41) is 8.94. The SMILES string of the molecule is CNc1cccc(NC(=O)C(CCCCN)NC(=O)CCC2CCCCC2)c1.O=CCCl. The van der Waals surface area contributed by atoms with Gasteiger partial charge in [-0.3, -0.25) is 9.59 Å². The summed E-state index contributed by atoms with van der Waals surface area (Å²) < 4.78 is 0. The number of rotatable bonds is 12. The Labute approximate surface area is 197 Å². The summed E-state index contributed by atoms with van der Waals surface area (Å²) in [4.78, 5) is 34.3. The van der Waals surface area contributed by atoms with Gasteiger partial charge in [-0.15, -0.1) is 11.6 Å². The number of carbonyl (C=O) groups is 3. The summed E-state index contributed by atoms with van der Waals surface area (Å²) in [6, 6.07) is 7.01. The van der Waals surface area contributed by atoms with Gasteiger partial charge in [0.1, 0.15) is 12.3 Å². The van der Waals surface area contributed by atoms with E-state index in [4.69, 9.17) is 22.1 Å². The highest BCUT2D eigenvalue weighted by atomic mass is 35.5. The lowest BCUT2D eigenvalue weighted by Gasteiger charge is -2.22. The average Bonchev–Trinajstić information content (AvgIpc) is 2.83. The lowest BCUT2D eigenvalue weighted by Crippen LogP contribution is -2.44. The number of hydrogen-bond acceptors (Lipinski definition) is 5. The van der Waals surface area contributed by atoms with Gasteiger partial charge in [0, 0.05) is 24.8 Å². The van der Waals surface area contributed by atoms with Crippen LogP contribution in [0.25, 0.3) is 0 Å². The Morgan fingerprint density at radius 3 is 2.50 bits per heavy atom. The molecule has 1 fully saturated rings. The van der Waals surface area contributed by atoms with Gasteiger partial charge in [-0.2, -0.15) is 0 Å². The number of nitrogens with one attached hydrogen (secondary N) is 3. The number of anilines is 2. The third-order valence-electron chi connectivity index (χ3n) is 5.58. The molecule has 7 nitrogen and oxygen atoms in total. The van der Waals surface area contributed by atoms with Crippen LogP contribution in [0.1, 0.15) is 64.2 Å². The summed E-state index contributed by atoms with van der Waals surface area (Å²) in [5.74, 6) is 0.576. The first kappa shape index (κ1) is 27.9. The molecule has 0 bridgehead atoms. The first-order chi connectivity index (χ1) is 15.5. The van der Waals surface area contributed by atoms with Crippen molar-refractivity contribution in [2.24, 2.45) is 11.7 Å². The van der Waals surface area contributed by atoms with E-state index < -0.39 is 6.04 Å². The number of benzene rings is 1. The van der Waals surface area contributed by atoms with Gasteiger partial charge in [0.05, 0.1) is 5.88 Å². The normalized spacial score (nSPS) is 14.5. The fraction of sp³-hybridized carbons (Fsp3) is 0.625. The van der Waals surface area contributed by atoms with Gasteiger partial charge in [-0.1, -0.05) is 38.2 Å². The van der Waals surface area contributed by atoms with Gasteiger partial charge in [-0.05, 0) is 56.3 Å². The van der Waals surface area contributed by atoms with E-state index in [-0.39, 0.29) is 17.7 Å². The van der Waals surface area contributed by atoms with Gasteiger partial charge < -0.3 is 26.5 Å². The number of aldehydes is 1. The number of carbonyl (C=O) groups excluding carboxylic acids is 3. The number of alkyl halides is 1. The molecule has 1 aromatic carbocycles. The fourth-order valence-electron chi connectivity index (χ4n) is 3.82. The monoisotopic (exact) mass is 466 g/mol. The molecular weight excluding hydrogens is 428 g/mol. The molecule has 0 spiro atoms. The van der Waals surface area contributed by atoms with Gasteiger partial charge in [-0.25, -0.2) is 0 Å². The van der Waals surface area contributed by atoms with E-state index >= 15 is 0 Å². The topological polar surface area (TPSA) is 113 Å². The Hall–Kier alpha value is -2.12. The lowest BCUT2D eigenvalue weighted by atomic mass is 9.86. The molecule has 2 rings (SSSR count). The van der Waals surface area contributed by atoms with Crippen LogP contribution < -0.4 is 21.7 Å². The Kier molecular flexibility index (Phi) is 15.2. The molecule has 1 atom stereocenters. The van der Waals surface area contributed by atoms with Crippen molar-refractivity contribution in [1.82, 2.24) is 5.32 Å². The molecule has 0 aromatic heterocycles. The van der Waals surface area contributed by atoms with Crippen molar-refractivity contribution in [2.75, 3.05) is 30.1 Å². The summed E-state index contributed by atoms with van der Waals surface area (Å²) >= 11 is 4.82. The molecular formula is C24H39ClN4O3. The van der Waals surface area contributed by atoms with Crippen molar-refractivity contribution in [1.29, 1.82) is 0 Å². The first-order valence-electron chi connectivity index (χ1n) is 11.6. The maximum atomic E-state index is 12.8. The van der Waals surface area contributed by atoms with E-state index in [1.165, 1.54) is 32.1 Å². The number of nitrogens with two attached hydrogens (primary N) is 1. The second-order valence-electron chi connectivity index (χ2n) is 8.09. The standard InChI is InChI=1S/C22H36N4O2.C2H3ClO/c1-24-18-10-7-11-19(16-18)25-22(28)20(12-5-6-15-23)26-21(27)14-13-17-8-3-2-4-9-17;3-1-2-4/h7,10-11,16-17,20,24H,2-6,8-9,12-15,23H2,1H3,(H,25,28)(H,26,27);2H,1H2. The molecule has 1 unspecified atom stereocenters. The highest BCUT2D eigenvalue weighted by molar-refractivity contribution is 6.24. The molecule has 0 saturated heterocycles. The van der Waals surface area contributed by atoms with Crippen molar-refractivity contribution in [3.05, 3.63) is 24.3 Å². The molecule has 1 saturated carbocycles. The van der Waals surface area contributed by atoms with E-state index in [9.17, 15) is 9.59 Å². The maximum Gasteiger partial charge on any atom is 0.246 e. The molecule has 1 aromatic rings. The Morgan fingerprint density at radius 1 is 1.19 bits per heavy atom. The van der Waals surface area contributed by atoms with Crippen LogP contribution in [0.4, 0.5) is 11.4 Å². The van der Waals surface area contributed by atoms with E-state index in [2.05, 4.69) is 16.0 Å². The van der Waals surface area contributed by atoms with Gasteiger partial charge >= 0.3 is 0 Å². The summed E-state index contributed by atoms with van der Waals surface area (Å²) in [7, 11) is 1.84. The molecule has 8 heteroatoms. The van der Waals surface area contributed by atoms with Crippen molar-refractivity contribution in [2.45, 2.75) is 70.3 Å². The zero-order valence-corrected chi connectivity index (χ0v) is 20.0. The first-order valence-corrected chi connectivity index (χ1v) is 12.1. The molecule has 180 valence electrons. The second kappa shape index (κ2) is 17.4. The molecule has 32 heavy (non-hydrogen) atoms. The van der Waals surface area contributed by atoms with Crippen LogP contribution in [0.5, 0.6) is 0 Å². The van der Waals surface area contributed by atoms with Crippen molar-refractivity contribution >= 4 is 41.1 Å². The minimum atomic E-state index is -0.524. The molecule has 0 aliphatic heterocycles. The molecule has 1 aliphatic rings. The molecule has 0 radical (unpaired) electrons.